The Labute approximate surface area is 112 Å². The Balaban J connectivity index is 1.69. The fourth-order valence-corrected chi connectivity index (χ4v) is 2.82. The summed E-state index contributed by atoms with van der Waals surface area (Å²) in [6.45, 7) is 6.49. The summed E-state index contributed by atoms with van der Waals surface area (Å²) in [4.78, 5) is 15.3. The molecule has 1 fully saturated rings. The van der Waals surface area contributed by atoms with Gasteiger partial charge in [-0.05, 0) is 18.4 Å². The highest BCUT2D eigenvalue weighted by atomic mass is 32.1. The molecule has 0 radical (unpaired) electrons. The van der Waals surface area contributed by atoms with Crippen molar-refractivity contribution in [2.24, 2.45) is 0 Å². The first-order valence-corrected chi connectivity index (χ1v) is 7.24. The van der Waals surface area contributed by atoms with Crippen LogP contribution in [0, 0.1) is 0 Å². The Morgan fingerprint density at radius 2 is 2.33 bits per heavy atom. The highest BCUT2D eigenvalue weighted by Crippen LogP contribution is 2.09. The van der Waals surface area contributed by atoms with Crippen molar-refractivity contribution in [2.75, 3.05) is 32.8 Å². The average molecular weight is 268 g/mol. The summed E-state index contributed by atoms with van der Waals surface area (Å²) in [5.41, 5.74) is 0. The molecule has 4 nitrogen and oxygen atoms in total. The van der Waals surface area contributed by atoms with Crippen LogP contribution in [0.4, 0.5) is 0 Å². The molecule has 0 aliphatic carbocycles. The van der Waals surface area contributed by atoms with Gasteiger partial charge in [0.25, 0.3) is 0 Å². The van der Waals surface area contributed by atoms with Gasteiger partial charge in [0.05, 0.1) is 19.6 Å². The molecule has 0 saturated carbocycles. The van der Waals surface area contributed by atoms with Gasteiger partial charge in [-0.2, -0.15) is 0 Å². The number of nitrogens with one attached hydrogen (secondary N) is 1. The maximum absolute atomic E-state index is 11.8. The summed E-state index contributed by atoms with van der Waals surface area (Å²) in [5.74, 6) is 0.109. The standard InChI is InChI=1S/C13H20N2O2S/c1-11(10-15-4-6-17-7-5-15)14-13(16)9-12-3-2-8-18-12/h2-3,8,11H,4-7,9-10H2,1H3,(H,14,16)/t11-/m1/s1. The van der Waals surface area contributed by atoms with Gasteiger partial charge in [0.15, 0.2) is 0 Å². The summed E-state index contributed by atoms with van der Waals surface area (Å²) < 4.78 is 5.30. The number of carbonyl (C=O) groups is 1. The monoisotopic (exact) mass is 268 g/mol. The molecule has 2 rings (SSSR count). The van der Waals surface area contributed by atoms with Crippen LogP contribution in [0.25, 0.3) is 0 Å². The number of carbonyl (C=O) groups excluding carboxylic acids is 1. The lowest BCUT2D eigenvalue weighted by Gasteiger charge is -2.29. The first-order valence-electron chi connectivity index (χ1n) is 6.36. The summed E-state index contributed by atoms with van der Waals surface area (Å²) in [7, 11) is 0. The van der Waals surface area contributed by atoms with Crippen molar-refractivity contribution in [3.8, 4) is 0 Å². The number of hydrogen-bond donors (Lipinski definition) is 1. The molecule has 1 amide bonds. The fraction of sp³-hybridized carbons (Fsp3) is 0.615. The van der Waals surface area contributed by atoms with E-state index in [2.05, 4.69) is 17.1 Å². The van der Waals surface area contributed by atoms with E-state index >= 15 is 0 Å². The third-order valence-electron chi connectivity index (χ3n) is 2.96. The number of rotatable bonds is 5. The molecule has 100 valence electrons. The molecule has 1 N–H and O–H groups in total. The molecule has 0 aromatic carbocycles. The van der Waals surface area contributed by atoms with Crippen LogP contribution in [-0.4, -0.2) is 49.7 Å². The number of thiophene rings is 1. The molecule has 5 heteroatoms. The number of nitrogens with zero attached hydrogens (tertiary/aromatic N) is 1. The molecular formula is C13H20N2O2S. The van der Waals surface area contributed by atoms with Crippen LogP contribution >= 0.6 is 11.3 Å². The molecule has 1 atom stereocenters. The van der Waals surface area contributed by atoms with Crippen LogP contribution in [0.3, 0.4) is 0 Å². The van der Waals surface area contributed by atoms with Gasteiger partial charge in [-0.15, -0.1) is 11.3 Å². The topological polar surface area (TPSA) is 41.6 Å². The van der Waals surface area contributed by atoms with E-state index < -0.39 is 0 Å². The van der Waals surface area contributed by atoms with Crippen LogP contribution in [0.2, 0.25) is 0 Å². The second kappa shape index (κ2) is 6.87. The third-order valence-corrected chi connectivity index (χ3v) is 3.83. The van der Waals surface area contributed by atoms with Crippen LogP contribution in [0.5, 0.6) is 0 Å². The Bertz CT molecular complexity index is 361. The predicted molar refractivity (Wildman–Crippen MR) is 72.9 cm³/mol. The summed E-state index contributed by atoms with van der Waals surface area (Å²) in [6, 6.07) is 4.16. The predicted octanol–water partition coefficient (Wildman–Crippen LogP) is 1.13. The van der Waals surface area contributed by atoms with Crippen LogP contribution < -0.4 is 5.32 Å². The van der Waals surface area contributed by atoms with Crippen molar-refractivity contribution in [3.63, 3.8) is 0 Å². The van der Waals surface area contributed by atoms with Gasteiger partial charge in [-0.3, -0.25) is 9.69 Å². The van der Waals surface area contributed by atoms with Crippen molar-refractivity contribution < 1.29 is 9.53 Å². The van der Waals surface area contributed by atoms with Gasteiger partial charge >= 0.3 is 0 Å². The second-order valence-corrected chi connectivity index (χ2v) is 5.67. The van der Waals surface area contributed by atoms with Crippen molar-refractivity contribution in [3.05, 3.63) is 22.4 Å². The van der Waals surface area contributed by atoms with E-state index in [1.807, 2.05) is 17.5 Å². The van der Waals surface area contributed by atoms with Gasteiger partial charge in [0.2, 0.25) is 5.91 Å². The van der Waals surface area contributed by atoms with E-state index in [0.717, 1.165) is 37.7 Å². The lowest BCUT2D eigenvalue weighted by Crippen LogP contribution is -2.46. The van der Waals surface area contributed by atoms with E-state index in [4.69, 9.17) is 4.74 Å². The second-order valence-electron chi connectivity index (χ2n) is 4.64. The highest BCUT2D eigenvalue weighted by molar-refractivity contribution is 7.10. The third kappa shape index (κ3) is 4.40. The summed E-state index contributed by atoms with van der Waals surface area (Å²) in [6.07, 6.45) is 0.491. The fourth-order valence-electron chi connectivity index (χ4n) is 2.11. The maximum atomic E-state index is 11.8. The Hall–Kier alpha value is -0.910. The van der Waals surface area contributed by atoms with Crippen molar-refractivity contribution in [1.82, 2.24) is 10.2 Å². The summed E-state index contributed by atoms with van der Waals surface area (Å²) >= 11 is 1.63. The molecule has 1 aliphatic heterocycles. The Kier molecular flexibility index (Phi) is 5.16. The highest BCUT2D eigenvalue weighted by Gasteiger charge is 2.15. The number of ether oxygens (including phenoxy) is 1. The van der Waals surface area contributed by atoms with Crippen molar-refractivity contribution >= 4 is 17.2 Å². The lowest BCUT2D eigenvalue weighted by atomic mass is 10.2. The van der Waals surface area contributed by atoms with Gasteiger partial charge < -0.3 is 10.1 Å². The zero-order valence-electron chi connectivity index (χ0n) is 10.7. The number of hydrogen-bond acceptors (Lipinski definition) is 4. The van der Waals surface area contributed by atoms with E-state index in [1.54, 1.807) is 11.3 Å². The molecular weight excluding hydrogens is 248 g/mol. The van der Waals surface area contributed by atoms with E-state index in [-0.39, 0.29) is 11.9 Å². The molecule has 0 spiro atoms. The minimum Gasteiger partial charge on any atom is -0.379 e. The Morgan fingerprint density at radius 1 is 1.56 bits per heavy atom. The minimum absolute atomic E-state index is 0.109. The van der Waals surface area contributed by atoms with Gasteiger partial charge in [0.1, 0.15) is 0 Å². The van der Waals surface area contributed by atoms with Crippen molar-refractivity contribution in [2.45, 2.75) is 19.4 Å². The molecule has 18 heavy (non-hydrogen) atoms. The molecule has 1 aromatic rings. The molecule has 0 bridgehead atoms. The van der Waals surface area contributed by atoms with Crippen molar-refractivity contribution in [1.29, 1.82) is 0 Å². The van der Waals surface area contributed by atoms with Crippen LogP contribution in [0.1, 0.15) is 11.8 Å². The molecule has 1 aromatic heterocycles. The normalized spacial score (nSPS) is 18.5. The van der Waals surface area contributed by atoms with Gasteiger partial charge in [-0.25, -0.2) is 0 Å². The summed E-state index contributed by atoms with van der Waals surface area (Å²) in [5, 5.41) is 5.05. The zero-order valence-corrected chi connectivity index (χ0v) is 11.5. The molecule has 2 heterocycles. The first-order chi connectivity index (χ1) is 8.74. The zero-order chi connectivity index (χ0) is 12.8. The average Bonchev–Trinajstić information content (AvgIpc) is 2.82. The Morgan fingerprint density at radius 3 is 3.00 bits per heavy atom. The minimum atomic E-state index is 0.109. The number of morpholine rings is 1. The van der Waals surface area contributed by atoms with Gasteiger partial charge in [0, 0.05) is 30.6 Å². The molecule has 1 aliphatic rings. The van der Waals surface area contributed by atoms with Gasteiger partial charge in [-0.1, -0.05) is 6.07 Å². The van der Waals surface area contributed by atoms with Crippen LogP contribution in [0.15, 0.2) is 17.5 Å². The molecule has 1 saturated heterocycles. The largest absolute Gasteiger partial charge is 0.379 e. The lowest BCUT2D eigenvalue weighted by molar-refractivity contribution is -0.121. The smallest absolute Gasteiger partial charge is 0.225 e. The van der Waals surface area contributed by atoms with E-state index in [0.29, 0.717) is 6.42 Å². The first kappa shape index (κ1) is 13.5. The van der Waals surface area contributed by atoms with E-state index in [1.165, 1.54) is 0 Å². The van der Waals surface area contributed by atoms with Crippen LogP contribution in [-0.2, 0) is 16.0 Å². The quantitative estimate of drug-likeness (QED) is 0.870. The molecule has 0 unspecified atom stereocenters. The number of amides is 1. The SMILES string of the molecule is C[C@H](CN1CCOCC1)NC(=O)Cc1cccs1. The van der Waals surface area contributed by atoms with E-state index in [9.17, 15) is 4.79 Å². The maximum Gasteiger partial charge on any atom is 0.225 e.